The van der Waals surface area contributed by atoms with Crippen LogP contribution in [0.15, 0.2) is 71.5 Å². The molecule has 1 atom stereocenters. The topological polar surface area (TPSA) is 82.9 Å². The zero-order valence-electron chi connectivity index (χ0n) is 31.8. The molecule has 0 radical (unpaired) electrons. The largest absolute Gasteiger partial charge is 0.494 e. The SMILES string of the molecule is CCOc1ccc(-n2c(C(CCNC3CCN(C(C)C)CC3)N(CCCN(C)C)C(=O)Cc3ccc(C(F)(F)F)c(F)c3)nc3ccccc3c2=O)cc1. The van der Waals surface area contributed by atoms with Crippen LogP contribution in [0.3, 0.4) is 0 Å². The Labute approximate surface area is 314 Å². The monoisotopic (exact) mass is 752 g/mol. The Hall–Kier alpha value is -4.33. The van der Waals surface area contributed by atoms with Gasteiger partial charge in [0.25, 0.3) is 5.56 Å². The summed E-state index contributed by atoms with van der Waals surface area (Å²) >= 11 is 0. The number of halogens is 4. The maximum absolute atomic E-state index is 14.7. The van der Waals surface area contributed by atoms with E-state index in [-0.39, 0.29) is 30.1 Å². The highest BCUT2D eigenvalue weighted by molar-refractivity contribution is 5.80. The van der Waals surface area contributed by atoms with E-state index >= 15 is 0 Å². The fraction of sp³-hybridized carbons (Fsp3) is 0.488. The van der Waals surface area contributed by atoms with Gasteiger partial charge in [0, 0.05) is 18.6 Å². The molecule has 1 saturated heterocycles. The zero-order chi connectivity index (χ0) is 39.0. The van der Waals surface area contributed by atoms with Crippen LogP contribution in [0.4, 0.5) is 17.6 Å². The van der Waals surface area contributed by atoms with E-state index in [1.165, 1.54) is 0 Å². The van der Waals surface area contributed by atoms with Crippen molar-refractivity contribution in [2.75, 3.05) is 53.4 Å². The summed E-state index contributed by atoms with van der Waals surface area (Å²) in [6, 6.07) is 16.8. The van der Waals surface area contributed by atoms with Gasteiger partial charge in [-0.1, -0.05) is 18.2 Å². The third kappa shape index (κ3) is 10.2. The molecule has 0 aliphatic carbocycles. The smallest absolute Gasteiger partial charge is 0.419 e. The number of carbonyl (C=O) groups excluding carboxylic acids is 1. The van der Waals surface area contributed by atoms with Gasteiger partial charge in [-0.2, -0.15) is 13.2 Å². The number of para-hydroxylation sites is 1. The summed E-state index contributed by atoms with van der Waals surface area (Å²) < 4.78 is 62.1. The van der Waals surface area contributed by atoms with Gasteiger partial charge in [-0.05, 0) is 141 Å². The summed E-state index contributed by atoms with van der Waals surface area (Å²) in [5, 5.41) is 4.11. The number of ether oxygens (including phenoxy) is 1. The first kappa shape index (κ1) is 40.8. The van der Waals surface area contributed by atoms with Crippen molar-refractivity contribution in [2.24, 2.45) is 0 Å². The van der Waals surface area contributed by atoms with Crippen molar-refractivity contribution in [3.63, 3.8) is 0 Å². The lowest BCUT2D eigenvalue weighted by molar-refractivity contribution is -0.140. The van der Waals surface area contributed by atoms with Crippen molar-refractivity contribution >= 4 is 16.8 Å². The maximum atomic E-state index is 14.7. The van der Waals surface area contributed by atoms with Gasteiger partial charge in [0.1, 0.15) is 17.4 Å². The molecule has 2 heterocycles. The van der Waals surface area contributed by atoms with Gasteiger partial charge < -0.3 is 24.8 Å². The Bertz CT molecular complexity index is 1910. The van der Waals surface area contributed by atoms with E-state index in [1.54, 1.807) is 58.0 Å². The standard InChI is InChI=1S/C41H52F4N6O3/c1-6-54-32-15-13-31(14-16-32)51-39(47-36-11-8-7-10-33(36)40(51)53)37(18-21-46-30-19-24-49(25-20-30)28(2)3)50(23-9-22-48(4)5)38(52)27-29-12-17-34(35(42)26-29)41(43,44)45/h7-8,10-17,26,28,30,37,46H,6,9,18-25,27H2,1-5H3. The van der Waals surface area contributed by atoms with E-state index in [0.717, 1.165) is 38.1 Å². The Balaban J connectivity index is 1.59. The molecule has 0 bridgehead atoms. The lowest BCUT2D eigenvalue weighted by Crippen LogP contribution is -2.46. The van der Waals surface area contributed by atoms with Crippen LogP contribution >= 0.6 is 0 Å². The third-order valence-electron chi connectivity index (χ3n) is 10.0. The number of rotatable bonds is 16. The average Bonchev–Trinajstić information content (AvgIpc) is 3.12. The summed E-state index contributed by atoms with van der Waals surface area (Å²) in [4.78, 5) is 40.1. The van der Waals surface area contributed by atoms with Crippen LogP contribution in [0.1, 0.15) is 69.4 Å². The van der Waals surface area contributed by atoms with Crippen LogP contribution < -0.4 is 15.6 Å². The van der Waals surface area contributed by atoms with E-state index < -0.39 is 29.5 Å². The molecule has 0 saturated carbocycles. The minimum Gasteiger partial charge on any atom is -0.494 e. The lowest BCUT2D eigenvalue weighted by Gasteiger charge is -2.36. The third-order valence-corrected chi connectivity index (χ3v) is 10.0. The molecule has 13 heteroatoms. The molecule has 54 heavy (non-hydrogen) atoms. The minimum atomic E-state index is -4.86. The van der Waals surface area contributed by atoms with E-state index in [9.17, 15) is 27.2 Å². The van der Waals surface area contributed by atoms with Crippen LogP contribution in [0, 0.1) is 5.82 Å². The number of amides is 1. The number of alkyl halides is 3. The van der Waals surface area contributed by atoms with Gasteiger partial charge >= 0.3 is 6.18 Å². The molecule has 1 aromatic heterocycles. The maximum Gasteiger partial charge on any atom is 0.419 e. The molecule has 5 rings (SSSR count). The fourth-order valence-corrected chi connectivity index (χ4v) is 7.14. The lowest BCUT2D eigenvalue weighted by atomic mass is 10.0. The van der Waals surface area contributed by atoms with Gasteiger partial charge in [-0.3, -0.25) is 14.2 Å². The predicted molar refractivity (Wildman–Crippen MR) is 204 cm³/mol. The highest BCUT2D eigenvalue weighted by atomic mass is 19.4. The van der Waals surface area contributed by atoms with E-state index in [4.69, 9.17) is 9.72 Å². The Morgan fingerprint density at radius 3 is 2.35 bits per heavy atom. The van der Waals surface area contributed by atoms with E-state index in [2.05, 4.69) is 24.1 Å². The van der Waals surface area contributed by atoms with Crippen LogP contribution in [0.25, 0.3) is 16.6 Å². The Morgan fingerprint density at radius 2 is 1.72 bits per heavy atom. The van der Waals surface area contributed by atoms with Gasteiger partial charge in [0.15, 0.2) is 0 Å². The van der Waals surface area contributed by atoms with Crippen molar-refractivity contribution in [2.45, 2.75) is 77.2 Å². The molecule has 3 aromatic carbocycles. The van der Waals surface area contributed by atoms with Gasteiger partial charge in [-0.25, -0.2) is 9.37 Å². The normalized spacial score (nSPS) is 14.9. The molecule has 1 amide bonds. The molecule has 4 aromatic rings. The number of hydrogen-bond acceptors (Lipinski definition) is 7. The van der Waals surface area contributed by atoms with Crippen LogP contribution in [-0.2, 0) is 17.4 Å². The average molecular weight is 753 g/mol. The molecule has 1 aliphatic rings. The molecular weight excluding hydrogens is 700 g/mol. The van der Waals surface area contributed by atoms with Crippen LogP contribution in [-0.4, -0.2) is 95.7 Å². The molecule has 1 unspecified atom stereocenters. The molecular formula is C41H52F4N6O3. The van der Waals surface area contributed by atoms with E-state index in [0.29, 0.717) is 72.8 Å². The molecule has 1 N–H and O–H groups in total. The van der Waals surface area contributed by atoms with Crippen molar-refractivity contribution in [3.8, 4) is 11.4 Å². The number of nitrogens with one attached hydrogen (secondary N) is 1. The summed E-state index contributed by atoms with van der Waals surface area (Å²) in [6.45, 7) is 10.1. The summed E-state index contributed by atoms with van der Waals surface area (Å²) in [7, 11) is 3.86. The van der Waals surface area contributed by atoms with Gasteiger partial charge in [0.2, 0.25) is 5.91 Å². The van der Waals surface area contributed by atoms with Crippen LogP contribution in [0.5, 0.6) is 5.75 Å². The second-order valence-electron chi connectivity index (χ2n) is 14.4. The zero-order valence-corrected chi connectivity index (χ0v) is 31.8. The number of hydrogen-bond donors (Lipinski definition) is 1. The summed E-state index contributed by atoms with van der Waals surface area (Å²) in [6.07, 6.45) is -2.30. The second-order valence-corrected chi connectivity index (χ2v) is 14.4. The molecule has 1 aliphatic heterocycles. The van der Waals surface area contributed by atoms with Crippen molar-refractivity contribution in [1.29, 1.82) is 0 Å². The fourth-order valence-electron chi connectivity index (χ4n) is 7.14. The number of carbonyl (C=O) groups is 1. The second kappa shape index (κ2) is 18.3. The summed E-state index contributed by atoms with van der Waals surface area (Å²) in [5.74, 6) is -0.852. The first-order valence-electron chi connectivity index (χ1n) is 18.8. The Kier molecular flexibility index (Phi) is 13.9. The number of fused-ring (bicyclic) bond motifs is 1. The first-order chi connectivity index (χ1) is 25.8. The number of likely N-dealkylation sites (tertiary alicyclic amines) is 1. The quantitative estimate of drug-likeness (QED) is 0.125. The molecule has 0 spiro atoms. The minimum absolute atomic E-state index is 0.118. The highest BCUT2D eigenvalue weighted by Gasteiger charge is 2.35. The van der Waals surface area contributed by atoms with Crippen molar-refractivity contribution in [3.05, 3.63) is 99.9 Å². The number of benzene rings is 3. The van der Waals surface area contributed by atoms with Gasteiger partial charge in [-0.15, -0.1) is 0 Å². The first-order valence-corrected chi connectivity index (χ1v) is 18.8. The molecule has 292 valence electrons. The van der Waals surface area contributed by atoms with Gasteiger partial charge in [0.05, 0.1) is 41.2 Å². The highest BCUT2D eigenvalue weighted by Crippen LogP contribution is 2.33. The van der Waals surface area contributed by atoms with Crippen molar-refractivity contribution < 1.29 is 27.1 Å². The predicted octanol–water partition coefficient (Wildman–Crippen LogP) is 6.86. The number of nitrogens with zero attached hydrogens (tertiary/aromatic N) is 5. The summed E-state index contributed by atoms with van der Waals surface area (Å²) in [5.41, 5.74) is -0.550. The molecule has 1 fully saturated rings. The molecule has 9 nitrogen and oxygen atoms in total. The van der Waals surface area contributed by atoms with E-state index in [1.807, 2.05) is 25.9 Å². The number of piperidine rings is 1. The Morgan fingerprint density at radius 1 is 1.02 bits per heavy atom. The number of aromatic nitrogens is 2. The van der Waals surface area contributed by atoms with Crippen molar-refractivity contribution in [1.82, 2.24) is 29.6 Å². The van der Waals surface area contributed by atoms with Crippen LogP contribution in [0.2, 0.25) is 0 Å².